The van der Waals surface area contributed by atoms with Crippen LogP contribution in [0.3, 0.4) is 0 Å². The van der Waals surface area contributed by atoms with Gasteiger partial charge in [0.1, 0.15) is 0 Å². The molecule has 1 aromatic heterocycles. The van der Waals surface area contributed by atoms with Crippen LogP contribution in [0.5, 0.6) is 0 Å². The zero-order chi connectivity index (χ0) is 25.1. The number of hydrogen-bond acceptors (Lipinski definition) is 7. The van der Waals surface area contributed by atoms with Gasteiger partial charge < -0.3 is 0 Å². The molecule has 0 saturated carbocycles. The molecule has 34 heavy (non-hydrogen) atoms. The zero-order valence-corrected chi connectivity index (χ0v) is 20.8. The summed E-state index contributed by atoms with van der Waals surface area (Å²) in [5.41, 5.74) is 5.51. The third kappa shape index (κ3) is 8.35. The number of nitrogens with zero attached hydrogens (tertiary/aromatic N) is 3. The van der Waals surface area contributed by atoms with Gasteiger partial charge in [-0.05, 0) is 41.8 Å². The van der Waals surface area contributed by atoms with Crippen LogP contribution in [0.2, 0.25) is 0 Å². The molecule has 3 N–H and O–H groups in total. The molecule has 1 heterocycles. The quantitative estimate of drug-likeness (QED) is 0.329. The second-order valence-corrected chi connectivity index (χ2v) is 9.55. The van der Waals surface area contributed by atoms with Crippen molar-refractivity contribution in [1.82, 2.24) is 25.5 Å². The molecule has 0 fully saturated rings. The van der Waals surface area contributed by atoms with Gasteiger partial charge in [0.25, 0.3) is 5.91 Å². The summed E-state index contributed by atoms with van der Waals surface area (Å²) in [7, 11) is 0. The van der Waals surface area contributed by atoms with Crippen LogP contribution in [0, 0.1) is 23.7 Å². The van der Waals surface area contributed by atoms with E-state index in [1.54, 1.807) is 5.48 Å². The molecule has 0 unspecified atom stereocenters. The predicted octanol–water partition coefficient (Wildman–Crippen LogP) is 3.55. The zero-order valence-electron chi connectivity index (χ0n) is 20.0. The molecule has 3 amide bonds. The van der Waals surface area contributed by atoms with Gasteiger partial charge in [0, 0.05) is 11.9 Å². The third-order valence-electron chi connectivity index (χ3n) is 5.11. The first-order chi connectivity index (χ1) is 16.2. The molecule has 10 heteroatoms. The fraction of sp³-hybridized carbons (Fsp3) is 0.458. The van der Waals surface area contributed by atoms with Crippen LogP contribution < -0.4 is 10.9 Å². The van der Waals surface area contributed by atoms with Crippen molar-refractivity contribution in [2.45, 2.75) is 40.5 Å². The Balaban J connectivity index is 2.27. The van der Waals surface area contributed by atoms with Gasteiger partial charge in [0.2, 0.25) is 11.8 Å². The van der Waals surface area contributed by atoms with E-state index in [1.807, 2.05) is 70.2 Å². The number of hydrazine groups is 1. The highest BCUT2D eigenvalue weighted by Gasteiger charge is 2.35. The molecule has 0 aliphatic heterocycles. The highest BCUT2D eigenvalue weighted by Crippen LogP contribution is 2.26. The molecule has 1 aromatic carbocycles. The van der Waals surface area contributed by atoms with Crippen molar-refractivity contribution in [2.75, 3.05) is 6.54 Å². The Kier molecular flexibility index (Phi) is 10.8. The summed E-state index contributed by atoms with van der Waals surface area (Å²) in [5.74, 6) is -3.01. The summed E-state index contributed by atoms with van der Waals surface area (Å²) in [6.07, 6.45) is 4.31. The number of nitrogens with one attached hydrogen (secondary N) is 2. The molecular weight excluding hydrogens is 454 g/mol. The largest absolute Gasteiger partial charge is 0.293 e. The van der Waals surface area contributed by atoms with Gasteiger partial charge in [0.05, 0.1) is 11.8 Å². The van der Waals surface area contributed by atoms with E-state index < -0.39 is 29.6 Å². The van der Waals surface area contributed by atoms with Gasteiger partial charge in [-0.3, -0.25) is 25.0 Å². The minimum Gasteiger partial charge on any atom is -0.289 e. The number of amides is 3. The first kappa shape index (κ1) is 27.1. The van der Waals surface area contributed by atoms with Crippen LogP contribution in [0.4, 0.5) is 0 Å². The smallest absolute Gasteiger partial charge is 0.289 e. The Morgan fingerprint density at radius 3 is 2.32 bits per heavy atom. The lowest BCUT2D eigenvalue weighted by molar-refractivity contribution is -0.142. The highest BCUT2D eigenvalue weighted by atomic mass is 32.1. The van der Waals surface area contributed by atoms with Gasteiger partial charge in [-0.2, -0.15) is 0 Å². The van der Waals surface area contributed by atoms with Gasteiger partial charge >= 0.3 is 0 Å². The van der Waals surface area contributed by atoms with Crippen molar-refractivity contribution < 1.29 is 19.6 Å². The van der Waals surface area contributed by atoms with Crippen LogP contribution in [-0.2, 0) is 9.59 Å². The molecule has 0 saturated heterocycles. The molecule has 0 aliphatic rings. The summed E-state index contributed by atoms with van der Waals surface area (Å²) in [6, 6.07) is 9.58. The SMILES string of the molecule is CC(C)C[C@@H](C(=O)NN(CC(C)C)C(=O)c1csnn1)[C@H](C/C=C/c1ccccc1)C(=O)NO. The maximum Gasteiger partial charge on any atom is 0.293 e. The standard InChI is InChI=1S/C24H33N5O4S/c1-16(2)13-20(19(23(31)27-33)12-8-11-18-9-6-5-7-10-18)22(30)26-29(14-17(3)4)24(32)21-15-34-28-25-21/h5-11,15-17,19-20,33H,12-14H2,1-4H3,(H,26,30)(H,27,31)/b11-8+/t19-,20+/m0/s1. The number of benzene rings is 1. The van der Waals surface area contributed by atoms with Gasteiger partial charge in [-0.25, -0.2) is 10.5 Å². The average Bonchev–Trinajstić information content (AvgIpc) is 3.34. The average molecular weight is 488 g/mol. The summed E-state index contributed by atoms with van der Waals surface area (Å²) in [6.45, 7) is 8.01. The van der Waals surface area contributed by atoms with E-state index in [0.29, 0.717) is 6.42 Å². The maximum atomic E-state index is 13.4. The highest BCUT2D eigenvalue weighted by molar-refractivity contribution is 7.03. The monoisotopic (exact) mass is 487 g/mol. The van der Waals surface area contributed by atoms with Gasteiger partial charge in [-0.15, -0.1) is 5.10 Å². The molecular formula is C24H33N5O4S. The van der Waals surface area contributed by atoms with E-state index >= 15 is 0 Å². The van der Waals surface area contributed by atoms with Crippen LogP contribution in [0.1, 0.15) is 56.6 Å². The summed E-state index contributed by atoms with van der Waals surface area (Å²) < 4.78 is 3.72. The number of carbonyl (C=O) groups is 3. The van der Waals surface area contributed by atoms with Crippen LogP contribution in [0.25, 0.3) is 6.08 Å². The minimum atomic E-state index is -0.829. The number of carbonyl (C=O) groups excluding carboxylic acids is 3. The minimum absolute atomic E-state index is 0.0738. The first-order valence-corrected chi connectivity index (χ1v) is 12.1. The lowest BCUT2D eigenvalue weighted by Crippen LogP contribution is -2.52. The number of hydroxylamine groups is 1. The van der Waals surface area contributed by atoms with Crippen molar-refractivity contribution in [3.63, 3.8) is 0 Å². The Morgan fingerprint density at radius 2 is 1.76 bits per heavy atom. The first-order valence-electron chi connectivity index (χ1n) is 11.3. The number of rotatable bonds is 11. The Bertz CT molecular complexity index is 948. The second-order valence-electron chi connectivity index (χ2n) is 8.94. The molecule has 0 radical (unpaired) electrons. The lowest BCUT2D eigenvalue weighted by Gasteiger charge is -2.30. The van der Waals surface area contributed by atoms with E-state index in [0.717, 1.165) is 17.1 Å². The molecule has 2 atom stereocenters. The molecule has 184 valence electrons. The van der Waals surface area contributed by atoms with Crippen molar-refractivity contribution >= 4 is 35.3 Å². The summed E-state index contributed by atoms with van der Waals surface area (Å²) in [5, 5.41) is 15.9. The van der Waals surface area contributed by atoms with Crippen LogP contribution in [-0.4, -0.2) is 44.1 Å². The molecule has 0 spiro atoms. The van der Waals surface area contributed by atoms with Crippen molar-refractivity contribution in [1.29, 1.82) is 0 Å². The Morgan fingerprint density at radius 1 is 1.06 bits per heavy atom. The van der Waals surface area contributed by atoms with E-state index in [9.17, 15) is 19.6 Å². The molecule has 2 aromatic rings. The van der Waals surface area contributed by atoms with Crippen molar-refractivity contribution in [3.8, 4) is 0 Å². The molecule has 0 bridgehead atoms. The van der Waals surface area contributed by atoms with Gasteiger partial charge in [-0.1, -0.05) is 74.7 Å². The van der Waals surface area contributed by atoms with E-state index in [1.165, 1.54) is 10.4 Å². The maximum absolute atomic E-state index is 13.4. The molecule has 0 aliphatic carbocycles. The molecule has 9 nitrogen and oxygen atoms in total. The van der Waals surface area contributed by atoms with Crippen molar-refractivity contribution in [3.05, 3.63) is 53.0 Å². The van der Waals surface area contributed by atoms with Gasteiger partial charge in [0.15, 0.2) is 5.69 Å². The third-order valence-corrected chi connectivity index (χ3v) is 5.62. The summed E-state index contributed by atoms with van der Waals surface area (Å²) >= 11 is 1.05. The predicted molar refractivity (Wildman–Crippen MR) is 130 cm³/mol. The Hall–Kier alpha value is -3.11. The number of aromatic nitrogens is 2. The Labute approximate surface area is 204 Å². The fourth-order valence-corrected chi connectivity index (χ4v) is 4.00. The number of allylic oxidation sites excluding steroid dienone is 1. The van der Waals surface area contributed by atoms with E-state index in [4.69, 9.17) is 0 Å². The van der Waals surface area contributed by atoms with Crippen molar-refractivity contribution in [2.24, 2.45) is 23.7 Å². The summed E-state index contributed by atoms with van der Waals surface area (Å²) in [4.78, 5) is 38.9. The molecule has 2 rings (SSSR count). The topological polar surface area (TPSA) is 125 Å². The lowest BCUT2D eigenvalue weighted by atomic mass is 9.82. The van der Waals surface area contributed by atoms with Crippen LogP contribution >= 0.6 is 11.5 Å². The number of hydrogen-bond donors (Lipinski definition) is 3. The van der Waals surface area contributed by atoms with Crippen LogP contribution in [0.15, 0.2) is 41.8 Å². The fourth-order valence-electron chi connectivity index (χ4n) is 3.57. The van der Waals surface area contributed by atoms with E-state index in [-0.39, 0.29) is 30.5 Å². The normalized spacial score (nSPS) is 13.1. The second kappa shape index (κ2) is 13.6. The van der Waals surface area contributed by atoms with E-state index in [2.05, 4.69) is 15.0 Å².